The number of hydrogen-bond donors (Lipinski definition) is 1. The lowest BCUT2D eigenvalue weighted by molar-refractivity contribution is -0.425. The van der Waals surface area contributed by atoms with Gasteiger partial charge in [-0.1, -0.05) is 17.7 Å². The lowest BCUT2D eigenvalue weighted by Crippen LogP contribution is -2.64. The zero-order valence-electron chi connectivity index (χ0n) is 9.16. The number of piperidine rings is 1. The molecule has 4 heteroatoms. The summed E-state index contributed by atoms with van der Waals surface area (Å²) in [4.78, 5) is 14.0. The van der Waals surface area contributed by atoms with Gasteiger partial charge in [-0.2, -0.15) is 0 Å². The summed E-state index contributed by atoms with van der Waals surface area (Å²) in [5, 5.41) is 0.609. The average molecular weight is 240 g/mol. The van der Waals surface area contributed by atoms with E-state index in [9.17, 15) is 4.79 Å². The van der Waals surface area contributed by atoms with Crippen LogP contribution >= 0.6 is 11.6 Å². The van der Waals surface area contributed by atoms with Crippen LogP contribution in [0.5, 0.6) is 0 Å². The molecule has 0 aromatic heterocycles. The van der Waals surface area contributed by atoms with Crippen molar-refractivity contribution < 1.29 is 10.5 Å². The number of amides is 1. The topological polar surface area (TPSA) is 48.0 Å². The maximum atomic E-state index is 12.1. The van der Waals surface area contributed by atoms with Crippen LogP contribution in [0.4, 0.5) is 0 Å². The third-order valence-corrected chi connectivity index (χ3v) is 3.21. The Bertz CT molecular complexity index is 386. The van der Waals surface area contributed by atoms with Gasteiger partial charge in [0.25, 0.3) is 5.91 Å². The van der Waals surface area contributed by atoms with Crippen LogP contribution in [0.1, 0.15) is 23.2 Å². The highest BCUT2D eigenvalue weighted by atomic mass is 35.5. The van der Waals surface area contributed by atoms with E-state index < -0.39 is 0 Å². The van der Waals surface area contributed by atoms with Crippen LogP contribution in [0, 0.1) is 0 Å². The SMILES string of the molecule is [NH3+]C1CCN(C(=O)c2cccc(Cl)c2)CC1. The molecule has 1 fully saturated rings. The number of benzene rings is 1. The zero-order chi connectivity index (χ0) is 11.5. The van der Waals surface area contributed by atoms with Crippen molar-refractivity contribution in [3.8, 4) is 0 Å². The maximum Gasteiger partial charge on any atom is 0.253 e. The summed E-state index contributed by atoms with van der Waals surface area (Å²) in [6.07, 6.45) is 1.98. The predicted molar refractivity (Wildman–Crippen MR) is 63.3 cm³/mol. The van der Waals surface area contributed by atoms with E-state index in [1.807, 2.05) is 17.0 Å². The predicted octanol–water partition coefficient (Wildman–Crippen LogP) is 1.19. The Morgan fingerprint density at radius 1 is 1.38 bits per heavy atom. The van der Waals surface area contributed by atoms with Crippen molar-refractivity contribution in [3.05, 3.63) is 34.9 Å². The molecule has 1 aliphatic heterocycles. The highest BCUT2D eigenvalue weighted by molar-refractivity contribution is 6.30. The average Bonchev–Trinajstić information content (AvgIpc) is 2.29. The molecule has 0 bridgehead atoms. The smallest absolute Gasteiger partial charge is 0.253 e. The Morgan fingerprint density at radius 2 is 2.06 bits per heavy atom. The molecule has 3 N–H and O–H groups in total. The maximum absolute atomic E-state index is 12.1. The van der Waals surface area contributed by atoms with E-state index in [2.05, 4.69) is 5.73 Å². The first-order valence-corrected chi connectivity index (χ1v) is 5.92. The number of nitrogens with zero attached hydrogens (tertiary/aromatic N) is 1. The van der Waals surface area contributed by atoms with E-state index in [1.165, 1.54) is 0 Å². The Labute approximate surface area is 100 Å². The van der Waals surface area contributed by atoms with Gasteiger partial charge in [-0.05, 0) is 18.2 Å². The molecule has 0 saturated carbocycles. The van der Waals surface area contributed by atoms with Gasteiger partial charge < -0.3 is 10.6 Å². The Kier molecular flexibility index (Phi) is 3.46. The second-order valence-corrected chi connectivity index (χ2v) is 4.68. The molecule has 1 heterocycles. The standard InChI is InChI=1S/C12H15ClN2O/c13-10-3-1-2-9(8-10)12(16)15-6-4-11(14)5-7-15/h1-3,8,11H,4-7,14H2/p+1. The van der Waals surface area contributed by atoms with Crippen molar-refractivity contribution in [2.24, 2.45) is 0 Å². The van der Waals surface area contributed by atoms with Crippen molar-refractivity contribution in [2.45, 2.75) is 18.9 Å². The summed E-state index contributed by atoms with van der Waals surface area (Å²) in [5.41, 5.74) is 4.69. The Hall–Kier alpha value is -1.06. The lowest BCUT2D eigenvalue weighted by Gasteiger charge is -2.28. The summed E-state index contributed by atoms with van der Waals surface area (Å²) < 4.78 is 0. The summed E-state index contributed by atoms with van der Waals surface area (Å²) in [6, 6.07) is 7.61. The van der Waals surface area contributed by atoms with Crippen molar-refractivity contribution in [1.82, 2.24) is 4.90 Å². The van der Waals surface area contributed by atoms with Gasteiger partial charge in [0.1, 0.15) is 0 Å². The number of carbonyl (C=O) groups excluding carboxylic acids is 1. The van der Waals surface area contributed by atoms with Gasteiger partial charge in [-0.15, -0.1) is 0 Å². The molecule has 1 amide bonds. The fraction of sp³-hybridized carbons (Fsp3) is 0.417. The number of likely N-dealkylation sites (tertiary alicyclic amines) is 1. The molecule has 0 spiro atoms. The molecule has 3 nitrogen and oxygen atoms in total. The minimum absolute atomic E-state index is 0.0781. The van der Waals surface area contributed by atoms with Crippen LogP contribution in [0.2, 0.25) is 5.02 Å². The van der Waals surface area contributed by atoms with Gasteiger partial charge in [0.05, 0.1) is 6.04 Å². The summed E-state index contributed by atoms with van der Waals surface area (Å²) >= 11 is 5.87. The van der Waals surface area contributed by atoms with Gasteiger partial charge in [0.15, 0.2) is 0 Å². The summed E-state index contributed by atoms with van der Waals surface area (Å²) in [5.74, 6) is 0.0781. The molecule has 16 heavy (non-hydrogen) atoms. The van der Waals surface area contributed by atoms with E-state index in [1.54, 1.807) is 12.1 Å². The normalized spacial score (nSPS) is 17.5. The van der Waals surface area contributed by atoms with E-state index >= 15 is 0 Å². The van der Waals surface area contributed by atoms with Crippen molar-refractivity contribution >= 4 is 17.5 Å². The number of rotatable bonds is 1. The fourth-order valence-corrected chi connectivity index (χ4v) is 2.13. The van der Waals surface area contributed by atoms with Crippen LogP contribution in [0.15, 0.2) is 24.3 Å². The molecule has 0 radical (unpaired) electrons. The molecule has 2 rings (SSSR count). The summed E-state index contributed by atoms with van der Waals surface area (Å²) in [6.45, 7) is 1.61. The van der Waals surface area contributed by atoms with Crippen molar-refractivity contribution in [1.29, 1.82) is 0 Å². The first-order chi connectivity index (χ1) is 7.66. The molecule has 86 valence electrons. The van der Waals surface area contributed by atoms with Gasteiger partial charge in [0.2, 0.25) is 0 Å². The van der Waals surface area contributed by atoms with Gasteiger partial charge in [-0.3, -0.25) is 4.79 Å². The number of halogens is 1. The molecule has 1 saturated heterocycles. The minimum atomic E-state index is 0.0781. The van der Waals surface area contributed by atoms with E-state index in [0.29, 0.717) is 16.6 Å². The Balaban J connectivity index is 2.08. The van der Waals surface area contributed by atoms with E-state index in [0.717, 1.165) is 25.9 Å². The van der Waals surface area contributed by atoms with Crippen LogP contribution in [0.3, 0.4) is 0 Å². The van der Waals surface area contributed by atoms with Crippen LogP contribution in [0.25, 0.3) is 0 Å². The number of quaternary nitrogens is 1. The monoisotopic (exact) mass is 239 g/mol. The van der Waals surface area contributed by atoms with E-state index in [-0.39, 0.29) is 5.91 Å². The molecular weight excluding hydrogens is 224 g/mol. The Morgan fingerprint density at radius 3 is 2.69 bits per heavy atom. The summed E-state index contributed by atoms with van der Waals surface area (Å²) in [7, 11) is 0. The molecule has 0 unspecified atom stereocenters. The molecular formula is C12H16ClN2O+. The first-order valence-electron chi connectivity index (χ1n) is 5.55. The largest absolute Gasteiger partial charge is 0.355 e. The van der Waals surface area contributed by atoms with Crippen LogP contribution in [-0.4, -0.2) is 29.9 Å². The third-order valence-electron chi connectivity index (χ3n) is 2.97. The van der Waals surface area contributed by atoms with Crippen LogP contribution in [-0.2, 0) is 0 Å². The fourth-order valence-electron chi connectivity index (χ4n) is 1.94. The molecule has 1 aromatic carbocycles. The molecule has 0 aliphatic carbocycles. The number of carbonyl (C=O) groups is 1. The molecule has 1 aliphatic rings. The van der Waals surface area contributed by atoms with E-state index in [4.69, 9.17) is 11.6 Å². The highest BCUT2D eigenvalue weighted by Gasteiger charge is 2.23. The zero-order valence-corrected chi connectivity index (χ0v) is 9.91. The van der Waals surface area contributed by atoms with Gasteiger partial charge in [0, 0.05) is 36.5 Å². The van der Waals surface area contributed by atoms with Crippen LogP contribution < -0.4 is 5.73 Å². The van der Waals surface area contributed by atoms with Gasteiger partial charge in [-0.25, -0.2) is 0 Å². The lowest BCUT2D eigenvalue weighted by atomic mass is 10.1. The molecule has 1 aromatic rings. The second-order valence-electron chi connectivity index (χ2n) is 4.25. The first kappa shape index (κ1) is 11.4. The molecule has 0 atom stereocenters. The van der Waals surface area contributed by atoms with Gasteiger partial charge >= 0.3 is 0 Å². The quantitative estimate of drug-likeness (QED) is 0.786. The highest BCUT2D eigenvalue weighted by Crippen LogP contribution is 2.15. The minimum Gasteiger partial charge on any atom is -0.355 e. The number of hydrogen-bond acceptors (Lipinski definition) is 1. The third kappa shape index (κ3) is 2.54. The van der Waals surface area contributed by atoms with Crippen molar-refractivity contribution in [3.63, 3.8) is 0 Å². The van der Waals surface area contributed by atoms with Crippen molar-refractivity contribution in [2.75, 3.05) is 13.1 Å². The second kappa shape index (κ2) is 4.85.